The van der Waals surface area contributed by atoms with E-state index in [-0.39, 0.29) is 5.54 Å². The zero-order valence-corrected chi connectivity index (χ0v) is 14.2. The molecule has 0 aliphatic heterocycles. The van der Waals surface area contributed by atoms with Crippen LogP contribution in [-0.4, -0.2) is 15.5 Å². The van der Waals surface area contributed by atoms with Crippen molar-refractivity contribution in [2.45, 2.75) is 32.9 Å². The molecule has 0 spiro atoms. The molecular weight excluding hydrogens is 300 g/mol. The Morgan fingerprint density at radius 1 is 1.00 bits per heavy atom. The predicted molar refractivity (Wildman–Crippen MR) is 96.9 cm³/mol. The van der Waals surface area contributed by atoms with Gasteiger partial charge in [0.15, 0.2) is 0 Å². The van der Waals surface area contributed by atoms with Crippen molar-refractivity contribution < 1.29 is 4.42 Å². The van der Waals surface area contributed by atoms with Crippen LogP contribution in [0, 0.1) is 0 Å². The van der Waals surface area contributed by atoms with E-state index in [1.54, 1.807) is 6.26 Å². The van der Waals surface area contributed by atoms with Crippen LogP contribution in [0.5, 0.6) is 0 Å². The summed E-state index contributed by atoms with van der Waals surface area (Å²) in [5.41, 5.74) is 1.85. The SMILES string of the molecule is CC(C)(C)Nc1cc(-c2ccccc2)nc(NCc2ccco2)n1. The average Bonchev–Trinajstić information content (AvgIpc) is 3.05. The topological polar surface area (TPSA) is 63.0 Å². The lowest BCUT2D eigenvalue weighted by Crippen LogP contribution is -2.27. The first-order chi connectivity index (χ1) is 11.5. The smallest absolute Gasteiger partial charge is 0.225 e. The molecule has 124 valence electrons. The lowest BCUT2D eigenvalue weighted by Gasteiger charge is -2.22. The molecule has 0 aliphatic rings. The highest BCUT2D eigenvalue weighted by molar-refractivity contribution is 5.64. The van der Waals surface area contributed by atoms with Gasteiger partial charge in [-0.05, 0) is 32.9 Å². The number of hydrogen-bond acceptors (Lipinski definition) is 5. The van der Waals surface area contributed by atoms with Crippen LogP contribution < -0.4 is 10.6 Å². The third-order valence-corrected chi connectivity index (χ3v) is 3.30. The molecule has 0 bridgehead atoms. The van der Waals surface area contributed by atoms with Gasteiger partial charge in [0.1, 0.15) is 11.6 Å². The first kappa shape index (κ1) is 16.1. The van der Waals surface area contributed by atoms with Crippen LogP contribution in [0.1, 0.15) is 26.5 Å². The molecule has 5 nitrogen and oxygen atoms in total. The Morgan fingerprint density at radius 3 is 2.46 bits per heavy atom. The summed E-state index contributed by atoms with van der Waals surface area (Å²) in [5.74, 6) is 2.20. The van der Waals surface area contributed by atoms with Crippen LogP contribution in [0.25, 0.3) is 11.3 Å². The standard InChI is InChI=1S/C19H22N4O/c1-19(2,3)23-17-12-16(14-8-5-4-6-9-14)21-18(22-17)20-13-15-10-7-11-24-15/h4-12H,13H2,1-3H3,(H2,20,21,22,23). The van der Waals surface area contributed by atoms with Gasteiger partial charge in [-0.1, -0.05) is 30.3 Å². The fourth-order valence-electron chi connectivity index (χ4n) is 2.31. The summed E-state index contributed by atoms with van der Waals surface area (Å²) < 4.78 is 5.35. The Morgan fingerprint density at radius 2 is 1.79 bits per heavy atom. The van der Waals surface area contributed by atoms with Crippen molar-refractivity contribution in [2.75, 3.05) is 10.6 Å². The Labute approximate surface area is 142 Å². The maximum atomic E-state index is 5.35. The Bertz CT molecular complexity index is 777. The van der Waals surface area contributed by atoms with Gasteiger partial charge in [-0.3, -0.25) is 0 Å². The van der Waals surface area contributed by atoms with E-state index in [1.807, 2.05) is 48.5 Å². The number of nitrogens with zero attached hydrogens (tertiary/aromatic N) is 2. The highest BCUT2D eigenvalue weighted by Crippen LogP contribution is 2.23. The minimum atomic E-state index is -0.0827. The summed E-state index contributed by atoms with van der Waals surface area (Å²) in [6.45, 7) is 6.86. The molecule has 24 heavy (non-hydrogen) atoms. The van der Waals surface area contributed by atoms with Crippen LogP contribution in [-0.2, 0) is 6.54 Å². The van der Waals surface area contributed by atoms with Crippen LogP contribution >= 0.6 is 0 Å². The molecule has 0 aliphatic carbocycles. The third kappa shape index (κ3) is 4.35. The molecule has 2 N–H and O–H groups in total. The van der Waals surface area contributed by atoms with Gasteiger partial charge in [0.2, 0.25) is 5.95 Å². The van der Waals surface area contributed by atoms with Crippen LogP contribution in [0.15, 0.2) is 59.2 Å². The minimum absolute atomic E-state index is 0.0827. The van der Waals surface area contributed by atoms with Crippen molar-refractivity contribution in [3.63, 3.8) is 0 Å². The van der Waals surface area contributed by atoms with E-state index in [0.717, 1.165) is 22.8 Å². The van der Waals surface area contributed by atoms with Gasteiger partial charge >= 0.3 is 0 Å². The number of benzene rings is 1. The van der Waals surface area contributed by atoms with Gasteiger partial charge in [-0.25, -0.2) is 4.98 Å². The molecule has 0 atom stereocenters. The summed E-state index contributed by atoms with van der Waals surface area (Å²) in [6.07, 6.45) is 1.66. The zero-order valence-electron chi connectivity index (χ0n) is 14.2. The first-order valence-electron chi connectivity index (χ1n) is 7.98. The maximum Gasteiger partial charge on any atom is 0.225 e. The molecule has 0 saturated heterocycles. The number of anilines is 2. The average molecular weight is 322 g/mol. The minimum Gasteiger partial charge on any atom is -0.467 e. The number of aromatic nitrogens is 2. The molecule has 3 aromatic rings. The number of hydrogen-bond donors (Lipinski definition) is 2. The number of furan rings is 1. The molecular formula is C19H22N4O. The second kappa shape index (κ2) is 6.74. The van der Waals surface area contributed by atoms with Crippen molar-refractivity contribution in [3.05, 3.63) is 60.6 Å². The van der Waals surface area contributed by atoms with E-state index < -0.39 is 0 Å². The second-order valence-electron chi connectivity index (χ2n) is 6.64. The van der Waals surface area contributed by atoms with Gasteiger partial charge in [-0.2, -0.15) is 4.98 Å². The van der Waals surface area contributed by atoms with Gasteiger partial charge in [0, 0.05) is 17.2 Å². The quantitative estimate of drug-likeness (QED) is 0.721. The van der Waals surface area contributed by atoms with Crippen molar-refractivity contribution in [3.8, 4) is 11.3 Å². The summed E-state index contributed by atoms with van der Waals surface area (Å²) >= 11 is 0. The van der Waals surface area contributed by atoms with E-state index in [9.17, 15) is 0 Å². The van der Waals surface area contributed by atoms with Gasteiger partial charge < -0.3 is 15.1 Å². The normalized spacial score (nSPS) is 11.3. The Hall–Kier alpha value is -2.82. The van der Waals surface area contributed by atoms with E-state index in [1.165, 1.54) is 0 Å². The first-order valence-corrected chi connectivity index (χ1v) is 7.98. The fraction of sp³-hybridized carbons (Fsp3) is 0.263. The number of rotatable bonds is 5. The molecule has 3 rings (SSSR count). The monoisotopic (exact) mass is 322 g/mol. The lowest BCUT2D eigenvalue weighted by molar-refractivity contribution is 0.517. The second-order valence-corrected chi connectivity index (χ2v) is 6.64. The number of nitrogens with one attached hydrogen (secondary N) is 2. The molecule has 1 aromatic carbocycles. The van der Waals surface area contributed by atoms with Crippen molar-refractivity contribution >= 4 is 11.8 Å². The van der Waals surface area contributed by atoms with Crippen LogP contribution in [0.4, 0.5) is 11.8 Å². The zero-order chi connectivity index (χ0) is 17.0. The summed E-state index contributed by atoms with van der Waals surface area (Å²) in [7, 11) is 0. The lowest BCUT2D eigenvalue weighted by atomic mass is 10.1. The third-order valence-electron chi connectivity index (χ3n) is 3.30. The maximum absolute atomic E-state index is 5.35. The largest absolute Gasteiger partial charge is 0.467 e. The molecule has 0 amide bonds. The molecule has 2 heterocycles. The van der Waals surface area contributed by atoms with Crippen LogP contribution in [0.2, 0.25) is 0 Å². The Balaban J connectivity index is 1.90. The van der Waals surface area contributed by atoms with Crippen LogP contribution in [0.3, 0.4) is 0 Å². The highest BCUT2D eigenvalue weighted by Gasteiger charge is 2.13. The molecule has 0 unspecified atom stereocenters. The Kier molecular flexibility index (Phi) is 4.51. The summed E-state index contributed by atoms with van der Waals surface area (Å²) in [5, 5.41) is 6.64. The summed E-state index contributed by atoms with van der Waals surface area (Å²) in [4.78, 5) is 9.20. The van der Waals surface area contributed by atoms with Gasteiger partial charge in [0.25, 0.3) is 0 Å². The van der Waals surface area contributed by atoms with E-state index >= 15 is 0 Å². The highest BCUT2D eigenvalue weighted by atomic mass is 16.3. The molecule has 0 saturated carbocycles. The van der Waals surface area contributed by atoms with Crippen molar-refractivity contribution in [2.24, 2.45) is 0 Å². The molecule has 0 radical (unpaired) electrons. The summed E-state index contributed by atoms with van der Waals surface area (Å²) in [6, 6.07) is 15.8. The molecule has 2 aromatic heterocycles. The fourth-order valence-corrected chi connectivity index (χ4v) is 2.31. The molecule has 5 heteroatoms. The van der Waals surface area contributed by atoms with E-state index in [2.05, 4.69) is 41.4 Å². The van der Waals surface area contributed by atoms with Crippen molar-refractivity contribution in [1.82, 2.24) is 9.97 Å². The van der Waals surface area contributed by atoms with Gasteiger partial charge in [-0.15, -0.1) is 0 Å². The van der Waals surface area contributed by atoms with E-state index in [4.69, 9.17) is 4.42 Å². The van der Waals surface area contributed by atoms with E-state index in [0.29, 0.717) is 12.5 Å². The van der Waals surface area contributed by atoms with Crippen molar-refractivity contribution in [1.29, 1.82) is 0 Å². The molecule has 0 fully saturated rings. The van der Waals surface area contributed by atoms with Gasteiger partial charge in [0.05, 0.1) is 18.5 Å². The predicted octanol–water partition coefficient (Wildman–Crippen LogP) is 4.56.